The lowest BCUT2D eigenvalue weighted by Gasteiger charge is -2.10. The molecule has 0 bridgehead atoms. The van der Waals surface area contributed by atoms with Crippen molar-refractivity contribution >= 4 is 28.2 Å². The summed E-state index contributed by atoms with van der Waals surface area (Å²) in [5, 5.41) is 2.65. The normalized spacial score (nSPS) is 15.9. The van der Waals surface area contributed by atoms with E-state index in [2.05, 4.69) is 42.5 Å². The van der Waals surface area contributed by atoms with E-state index in [1.807, 2.05) is 0 Å². The molecule has 0 fully saturated rings. The van der Waals surface area contributed by atoms with Crippen molar-refractivity contribution in [3.63, 3.8) is 0 Å². The molecule has 2 aliphatic rings. The summed E-state index contributed by atoms with van der Waals surface area (Å²) < 4.78 is 0. The van der Waals surface area contributed by atoms with Crippen molar-refractivity contribution in [1.29, 1.82) is 0 Å². The van der Waals surface area contributed by atoms with Crippen LogP contribution in [0.2, 0.25) is 0 Å². The van der Waals surface area contributed by atoms with Crippen LogP contribution >= 0.6 is 0 Å². The molecule has 1 aliphatic heterocycles. The lowest BCUT2D eigenvalue weighted by molar-refractivity contribution is 1.42. The molecule has 70 valence electrons. The molecular weight excluding hydrogens is 182 g/mol. The van der Waals surface area contributed by atoms with Gasteiger partial charge in [0.2, 0.25) is 0 Å². The number of hydrogen-bond donors (Lipinski definition) is 0. The third kappa shape index (κ3) is 0.809. The molecule has 0 N–H and O–H groups in total. The number of benzene rings is 2. The Bertz CT molecular complexity index is 648. The molecule has 1 heterocycles. The average molecular weight is 191 g/mol. The first-order valence-corrected chi connectivity index (χ1v) is 5.24. The molecule has 0 atom stereocenters. The number of aliphatic imine (C=N–C) groups is 1. The highest BCUT2D eigenvalue weighted by Gasteiger charge is 2.21. The summed E-state index contributed by atoms with van der Waals surface area (Å²) in [4.78, 5) is 4.69. The van der Waals surface area contributed by atoms with Crippen LogP contribution < -0.4 is 0 Å². The molecule has 1 nitrogen and oxygen atoms in total. The third-order valence-corrected chi connectivity index (χ3v) is 3.21. The van der Waals surface area contributed by atoms with Crippen LogP contribution in [0.15, 0.2) is 41.4 Å². The van der Waals surface area contributed by atoms with Gasteiger partial charge in [-0.05, 0) is 17.0 Å². The Morgan fingerprint density at radius 3 is 3.07 bits per heavy atom. The maximum Gasteiger partial charge on any atom is 0.0718 e. The Hall–Kier alpha value is -1.89. The predicted molar refractivity (Wildman–Crippen MR) is 63.8 cm³/mol. The summed E-state index contributed by atoms with van der Waals surface area (Å²) in [6, 6.07) is 10.7. The molecule has 2 aromatic carbocycles. The fourth-order valence-corrected chi connectivity index (χ4v) is 2.57. The molecule has 0 aromatic heterocycles. The molecule has 2 aromatic rings. The van der Waals surface area contributed by atoms with Crippen LogP contribution in [-0.4, -0.2) is 5.71 Å². The van der Waals surface area contributed by atoms with Crippen molar-refractivity contribution in [2.24, 2.45) is 4.99 Å². The lowest BCUT2D eigenvalue weighted by atomic mass is 9.92. The summed E-state index contributed by atoms with van der Waals surface area (Å²) in [6.07, 6.45) is 5.37. The second-order valence-corrected chi connectivity index (χ2v) is 4.07. The molecule has 0 radical (unpaired) electrons. The minimum Gasteiger partial charge on any atom is -0.252 e. The van der Waals surface area contributed by atoms with Crippen molar-refractivity contribution in [3.05, 3.63) is 47.5 Å². The van der Waals surface area contributed by atoms with Crippen LogP contribution in [0.3, 0.4) is 0 Å². The molecule has 0 spiro atoms. The van der Waals surface area contributed by atoms with Crippen LogP contribution in [0, 0.1) is 0 Å². The molecule has 1 aliphatic carbocycles. The molecule has 1 heteroatoms. The van der Waals surface area contributed by atoms with E-state index in [0.29, 0.717) is 0 Å². The Kier molecular flexibility index (Phi) is 1.17. The molecule has 0 unspecified atom stereocenters. The van der Waals surface area contributed by atoms with E-state index in [4.69, 9.17) is 4.99 Å². The molecule has 4 rings (SSSR count). The van der Waals surface area contributed by atoms with Gasteiger partial charge in [-0.1, -0.05) is 36.4 Å². The van der Waals surface area contributed by atoms with E-state index < -0.39 is 0 Å². The summed E-state index contributed by atoms with van der Waals surface area (Å²) >= 11 is 0. The Morgan fingerprint density at radius 1 is 1.07 bits per heavy atom. The van der Waals surface area contributed by atoms with Crippen molar-refractivity contribution in [2.75, 3.05) is 0 Å². The fourth-order valence-electron chi connectivity index (χ4n) is 2.57. The Labute approximate surface area is 87.8 Å². The molecular formula is C14H9N. The molecule has 0 amide bonds. The maximum absolute atomic E-state index is 4.69. The quantitative estimate of drug-likeness (QED) is 0.602. The number of nitrogens with zero attached hydrogens (tertiary/aromatic N) is 1. The first kappa shape index (κ1) is 7.41. The van der Waals surface area contributed by atoms with E-state index in [9.17, 15) is 0 Å². The predicted octanol–water partition coefficient (Wildman–Crippen LogP) is 3.69. The monoisotopic (exact) mass is 191 g/mol. The highest BCUT2D eigenvalue weighted by molar-refractivity contribution is 6.23. The summed E-state index contributed by atoms with van der Waals surface area (Å²) in [5.41, 5.74) is 5.06. The van der Waals surface area contributed by atoms with E-state index in [0.717, 1.165) is 12.1 Å². The van der Waals surface area contributed by atoms with Crippen LogP contribution in [-0.2, 0) is 0 Å². The first-order valence-electron chi connectivity index (χ1n) is 5.24. The van der Waals surface area contributed by atoms with Gasteiger partial charge in [-0.2, -0.15) is 0 Å². The van der Waals surface area contributed by atoms with Gasteiger partial charge >= 0.3 is 0 Å². The highest BCUT2D eigenvalue weighted by Crippen LogP contribution is 2.39. The SMILES string of the molecule is C1=Cc2ccc3cccc4c3c2C(=N4)C1. The molecule has 0 saturated heterocycles. The fraction of sp³-hybridized carbons (Fsp3) is 0.0714. The van der Waals surface area contributed by atoms with Crippen molar-refractivity contribution in [3.8, 4) is 0 Å². The molecule has 0 saturated carbocycles. The number of hydrogen-bond acceptors (Lipinski definition) is 1. The van der Waals surface area contributed by atoms with E-state index in [1.54, 1.807) is 0 Å². The second kappa shape index (κ2) is 2.37. The van der Waals surface area contributed by atoms with Gasteiger partial charge in [-0.25, -0.2) is 0 Å². The van der Waals surface area contributed by atoms with Gasteiger partial charge in [0.05, 0.1) is 11.4 Å². The van der Waals surface area contributed by atoms with Crippen LogP contribution in [0.25, 0.3) is 16.8 Å². The molecule has 15 heavy (non-hydrogen) atoms. The van der Waals surface area contributed by atoms with Gasteiger partial charge in [0.1, 0.15) is 0 Å². The first-order chi connectivity index (χ1) is 7.43. The van der Waals surface area contributed by atoms with E-state index in [1.165, 1.54) is 27.6 Å². The number of rotatable bonds is 0. The van der Waals surface area contributed by atoms with Crippen molar-refractivity contribution < 1.29 is 0 Å². The average Bonchev–Trinajstić information content (AvgIpc) is 2.66. The largest absolute Gasteiger partial charge is 0.252 e. The minimum atomic E-state index is 0.973. The van der Waals surface area contributed by atoms with Gasteiger partial charge in [0.15, 0.2) is 0 Å². The number of allylic oxidation sites excluding steroid dienone is 1. The topological polar surface area (TPSA) is 12.4 Å². The van der Waals surface area contributed by atoms with Gasteiger partial charge in [-0.3, -0.25) is 4.99 Å². The van der Waals surface area contributed by atoms with Crippen LogP contribution in [0.4, 0.5) is 5.69 Å². The summed E-state index contributed by atoms with van der Waals surface area (Å²) in [5.74, 6) is 0. The standard InChI is InChI=1S/C14H9N/c1-3-9-7-8-10-4-2-6-12-14(10)13(9)11(5-1)15-12/h1-5,7-8H,6H2. The highest BCUT2D eigenvalue weighted by atomic mass is 14.8. The second-order valence-electron chi connectivity index (χ2n) is 4.07. The zero-order valence-corrected chi connectivity index (χ0v) is 8.20. The Balaban J connectivity index is 2.31. The van der Waals surface area contributed by atoms with Gasteiger partial charge in [0.25, 0.3) is 0 Å². The zero-order chi connectivity index (χ0) is 9.83. The summed E-state index contributed by atoms with van der Waals surface area (Å²) in [6.45, 7) is 0. The van der Waals surface area contributed by atoms with Gasteiger partial charge in [0, 0.05) is 17.4 Å². The van der Waals surface area contributed by atoms with Crippen molar-refractivity contribution in [2.45, 2.75) is 6.42 Å². The third-order valence-electron chi connectivity index (χ3n) is 3.21. The summed E-state index contributed by atoms with van der Waals surface area (Å²) in [7, 11) is 0. The van der Waals surface area contributed by atoms with E-state index in [-0.39, 0.29) is 0 Å². The van der Waals surface area contributed by atoms with Gasteiger partial charge < -0.3 is 0 Å². The smallest absolute Gasteiger partial charge is 0.0718 e. The minimum absolute atomic E-state index is 0.973. The Morgan fingerprint density at radius 2 is 2.07 bits per heavy atom. The lowest BCUT2D eigenvalue weighted by Crippen LogP contribution is -2.02. The van der Waals surface area contributed by atoms with E-state index >= 15 is 0 Å². The van der Waals surface area contributed by atoms with Gasteiger partial charge in [-0.15, -0.1) is 0 Å². The van der Waals surface area contributed by atoms with Crippen molar-refractivity contribution in [1.82, 2.24) is 0 Å². The van der Waals surface area contributed by atoms with Crippen LogP contribution in [0.1, 0.15) is 17.5 Å². The van der Waals surface area contributed by atoms with Crippen LogP contribution in [0.5, 0.6) is 0 Å². The maximum atomic E-state index is 4.69. The zero-order valence-electron chi connectivity index (χ0n) is 8.20.